The first kappa shape index (κ1) is 18.6. The summed E-state index contributed by atoms with van der Waals surface area (Å²) in [4.78, 5) is 14.5. The minimum atomic E-state index is 0. The summed E-state index contributed by atoms with van der Waals surface area (Å²) in [5.74, 6) is 0.143. The van der Waals surface area contributed by atoms with Crippen LogP contribution in [0.3, 0.4) is 0 Å². The Bertz CT molecular complexity index is 476. The smallest absolute Gasteiger partial charge is 0.227 e. The molecular formula is C15H21Cl3N2O. The lowest BCUT2D eigenvalue weighted by molar-refractivity contribution is -0.132. The highest BCUT2D eigenvalue weighted by Gasteiger charge is 2.26. The topological polar surface area (TPSA) is 32.3 Å². The molecule has 21 heavy (non-hydrogen) atoms. The van der Waals surface area contributed by atoms with Crippen LogP contribution >= 0.6 is 35.6 Å². The number of rotatable bonds is 5. The zero-order valence-corrected chi connectivity index (χ0v) is 14.4. The lowest BCUT2D eigenvalue weighted by Gasteiger charge is -2.28. The summed E-state index contributed by atoms with van der Waals surface area (Å²) < 4.78 is 0. The van der Waals surface area contributed by atoms with Crippen molar-refractivity contribution in [3.05, 3.63) is 33.8 Å². The second-order valence-electron chi connectivity index (χ2n) is 5.15. The van der Waals surface area contributed by atoms with Gasteiger partial charge in [0.2, 0.25) is 5.91 Å². The Morgan fingerprint density at radius 1 is 1.43 bits per heavy atom. The van der Waals surface area contributed by atoms with E-state index in [0.717, 1.165) is 38.0 Å². The molecule has 0 spiro atoms. The fourth-order valence-corrected chi connectivity index (χ4v) is 3.06. The first-order chi connectivity index (χ1) is 9.61. The van der Waals surface area contributed by atoms with Crippen LogP contribution < -0.4 is 5.32 Å². The lowest BCUT2D eigenvalue weighted by atomic mass is 10.1. The molecule has 1 unspecified atom stereocenters. The Labute approximate surface area is 142 Å². The minimum Gasteiger partial charge on any atom is -0.338 e. The Morgan fingerprint density at radius 2 is 2.19 bits per heavy atom. The quantitative estimate of drug-likeness (QED) is 0.879. The molecule has 1 N–H and O–H groups in total. The lowest BCUT2D eigenvalue weighted by Crippen LogP contribution is -2.42. The van der Waals surface area contributed by atoms with Gasteiger partial charge >= 0.3 is 0 Å². The largest absolute Gasteiger partial charge is 0.338 e. The molecule has 0 radical (unpaired) electrons. The maximum atomic E-state index is 12.5. The van der Waals surface area contributed by atoms with Crippen molar-refractivity contribution < 1.29 is 4.79 Å². The average molecular weight is 352 g/mol. The van der Waals surface area contributed by atoms with Crippen molar-refractivity contribution in [2.45, 2.75) is 32.2 Å². The van der Waals surface area contributed by atoms with E-state index in [-0.39, 0.29) is 18.3 Å². The summed E-state index contributed by atoms with van der Waals surface area (Å²) in [7, 11) is 0. The first-order valence-corrected chi connectivity index (χ1v) is 7.81. The molecule has 1 fully saturated rings. The van der Waals surface area contributed by atoms with Crippen LogP contribution in [0, 0.1) is 0 Å². The summed E-state index contributed by atoms with van der Waals surface area (Å²) in [6, 6.07) is 5.61. The van der Waals surface area contributed by atoms with Crippen LogP contribution in [0.4, 0.5) is 0 Å². The van der Waals surface area contributed by atoms with Gasteiger partial charge in [0, 0.05) is 29.2 Å². The summed E-state index contributed by atoms with van der Waals surface area (Å²) in [6.07, 6.45) is 2.34. The number of halogens is 3. The molecule has 1 aliphatic rings. The van der Waals surface area contributed by atoms with Crippen LogP contribution in [0.15, 0.2) is 18.2 Å². The van der Waals surface area contributed by atoms with Gasteiger partial charge in [-0.1, -0.05) is 36.2 Å². The second-order valence-corrected chi connectivity index (χ2v) is 5.99. The number of nitrogens with one attached hydrogen (secondary N) is 1. The van der Waals surface area contributed by atoms with Gasteiger partial charge in [0.25, 0.3) is 0 Å². The molecule has 0 saturated carbocycles. The zero-order valence-electron chi connectivity index (χ0n) is 12.1. The Balaban J connectivity index is 0.00000220. The highest BCUT2D eigenvalue weighted by molar-refractivity contribution is 6.35. The first-order valence-electron chi connectivity index (χ1n) is 7.06. The van der Waals surface area contributed by atoms with E-state index in [0.29, 0.717) is 22.5 Å². The Morgan fingerprint density at radius 3 is 2.76 bits per heavy atom. The van der Waals surface area contributed by atoms with E-state index in [2.05, 4.69) is 12.2 Å². The number of hydrogen-bond donors (Lipinski definition) is 1. The number of benzene rings is 1. The summed E-state index contributed by atoms with van der Waals surface area (Å²) in [5, 5.41) is 4.47. The van der Waals surface area contributed by atoms with Gasteiger partial charge in [-0.3, -0.25) is 4.79 Å². The third-order valence-electron chi connectivity index (χ3n) is 3.62. The number of hydrogen-bond acceptors (Lipinski definition) is 2. The molecule has 1 aromatic rings. The van der Waals surface area contributed by atoms with Crippen LogP contribution in [0.1, 0.15) is 25.3 Å². The molecule has 2 rings (SSSR count). The predicted octanol–water partition coefficient (Wildman–Crippen LogP) is 3.56. The molecule has 3 nitrogen and oxygen atoms in total. The summed E-state index contributed by atoms with van der Waals surface area (Å²) in [5.41, 5.74) is 0.841. The molecule has 1 heterocycles. The minimum absolute atomic E-state index is 0. The molecule has 1 saturated heterocycles. The van der Waals surface area contributed by atoms with Crippen molar-refractivity contribution in [3.63, 3.8) is 0 Å². The van der Waals surface area contributed by atoms with Crippen molar-refractivity contribution in [1.82, 2.24) is 10.2 Å². The predicted molar refractivity (Wildman–Crippen MR) is 90.7 cm³/mol. The fraction of sp³-hybridized carbons (Fsp3) is 0.533. The van der Waals surface area contributed by atoms with Gasteiger partial charge in [-0.15, -0.1) is 12.4 Å². The summed E-state index contributed by atoms with van der Waals surface area (Å²) >= 11 is 12.0. The van der Waals surface area contributed by atoms with Gasteiger partial charge in [-0.05, 0) is 37.1 Å². The van der Waals surface area contributed by atoms with Gasteiger partial charge in [-0.25, -0.2) is 0 Å². The van der Waals surface area contributed by atoms with E-state index >= 15 is 0 Å². The van der Waals surface area contributed by atoms with Gasteiger partial charge in [0.1, 0.15) is 0 Å². The molecule has 0 bridgehead atoms. The average Bonchev–Trinajstić information content (AvgIpc) is 2.92. The number of nitrogens with zero attached hydrogens (tertiary/aromatic N) is 1. The van der Waals surface area contributed by atoms with Gasteiger partial charge < -0.3 is 10.2 Å². The molecule has 1 aliphatic heterocycles. The summed E-state index contributed by atoms with van der Waals surface area (Å²) in [6.45, 7) is 4.77. The van der Waals surface area contributed by atoms with E-state index in [1.807, 2.05) is 11.0 Å². The fourth-order valence-electron chi connectivity index (χ4n) is 2.59. The standard InChI is InChI=1S/C15H20Cl2N2O.ClH/c1-2-7-19(13-5-6-18-10-13)15(20)8-11-3-4-12(16)9-14(11)17;/h3-4,9,13,18H,2,5-8,10H2,1H3;1H. The molecule has 1 atom stereocenters. The second kappa shape index (κ2) is 8.84. The highest BCUT2D eigenvalue weighted by Crippen LogP contribution is 2.22. The van der Waals surface area contributed by atoms with Crippen molar-refractivity contribution in [1.29, 1.82) is 0 Å². The molecule has 0 aromatic heterocycles. The molecule has 0 aliphatic carbocycles. The van der Waals surface area contributed by atoms with E-state index in [1.165, 1.54) is 0 Å². The number of carbonyl (C=O) groups excluding carboxylic acids is 1. The highest BCUT2D eigenvalue weighted by atomic mass is 35.5. The van der Waals surface area contributed by atoms with Crippen LogP contribution in [0.25, 0.3) is 0 Å². The van der Waals surface area contributed by atoms with Crippen molar-refractivity contribution >= 4 is 41.5 Å². The van der Waals surface area contributed by atoms with Crippen molar-refractivity contribution in [2.24, 2.45) is 0 Å². The third kappa shape index (κ3) is 5.03. The van der Waals surface area contributed by atoms with E-state index < -0.39 is 0 Å². The maximum absolute atomic E-state index is 12.5. The molecule has 118 valence electrons. The number of carbonyl (C=O) groups is 1. The zero-order chi connectivity index (χ0) is 14.5. The molecular weight excluding hydrogens is 331 g/mol. The van der Waals surface area contributed by atoms with Crippen molar-refractivity contribution in [2.75, 3.05) is 19.6 Å². The van der Waals surface area contributed by atoms with Gasteiger partial charge in [0.05, 0.1) is 6.42 Å². The Kier molecular flexibility index (Phi) is 7.82. The normalized spacial score (nSPS) is 17.4. The number of amides is 1. The van der Waals surface area contributed by atoms with E-state index in [9.17, 15) is 4.79 Å². The van der Waals surface area contributed by atoms with E-state index in [4.69, 9.17) is 23.2 Å². The Hall–Kier alpha value is -0.480. The van der Waals surface area contributed by atoms with Crippen LogP contribution in [-0.2, 0) is 11.2 Å². The van der Waals surface area contributed by atoms with Crippen LogP contribution in [0.5, 0.6) is 0 Å². The van der Waals surface area contributed by atoms with Crippen LogP contribution in [-0.4, -0.2) is 36.5 Å². The maximum Gasteiger partial charge on any atom is 0.227 e. The van der Waals surface area contributed by atoms with Crippen LogP contribution in [0.2, 0.25) is 10.0 Å². The third-order valence-corrected chi connectivity index (χ3v) is 4.20. The van der Waals surface area contributed by atoms with Crippen molar-refractivity contribution in [3.8, 4) is 0 Å². The van der Waals surface area contributed by atoms with Gasteiger partial charge in [0.15, 0.2) is 0 Å². The van der Waals surface area contributed by atoms with Gasteiger partial charge in [-0.2, -0.15) is 0 Å². The molecule has 6 heteroatoms. The SMILES string of the molecule is CCCN(C(=O)Cc1ccc(Cl)cc1Cl)C1CCNC1.Cl. The monoisotopic (exact) mass is 350 g/mol. The molecule has 1 amide bonds. The molecule has 1 aromatic carbocycles. The van der Waals surface area contributed by atoms with E-state index in [1.54, 1.807) is 12.1 Å².